The monoisotopic (exact) mass is 272 g/mol. The van der Waals surface area contributed by atoms with Crippen molar-refractivity contribution < 1.29 is 4.79 Å². The highest BCUT2D eigenvalue weighted by molar-refractivity contribution is 6.29. The molecule has 0 atom stereocenters. The first-order valence-corrected chi connectivity index (χ1v) is 6.60. The normalized spacial score (nSPS) is 14.2. The summed E-state index contributed by atoms with van der Waals surface area (Å²) >= 11 is 5.80. The van der Waals surface area contributed by atoms with Gasteiger partial charge >= 0.3 is 0 Å². The number of pyridine rings is 1. The maximum absolute atomic E-state index is 12.2. The lowest BCUT2D eigenvalue weighted by atomic mass is 10.1. The Hall–Kier alpha value is -1.87. The summed E-state index contributed by atoms with van der Waals surface area (Å²) in [5.74, 6) is 0.498. The SMILES string of the molecule is O=C(Nc1cccc(Cl)n1)C1Cc2ccccc2C1. The van der Waals surface area contributed by atoms with Crippen LogP contribution in [0.25, 0.3) is 0 Å². The summed E-state index contributed by atoms with van der Waals surface area (Å²) in [6.07, 6.45) is 1.59. The molecule has 0 saturated heterocycles. The van der Waals surface area contributed by atoms with Crippen molar-refractivity contribution in [1.82, 2.24) is 4.98 Å². The predicted molar refractivity (Wildman–Crippen MR) is 75.2 cm³/mol. The minimum absolute atomic E-state index is 0.00552. The Morgan fingerprint density at radius 1 is 1.11 bits per heavy atom. The Morgan fingerprint density at radius 2 is 1.79 bits per heavy atom. The fourth-order valence-electron chi connectivity index (χ4n) is 2.45. The lowest BCUT2D eigenvalue weighted by molar-refractivity contribution is -0.119. The molecule has 96 valence electrons. The summed E-state index contributed by atoms with van der Waals surface area (Å²) in [6.45, 7) is 0. The van der Waals surface area contributed by atoms with E-state index in [-0.39, 0.29) is 11.8 Å². The van der Waals surface area contributed by atoms with Gasteiger partial charge in [0.25, 0.3) is 0 Å². The summed E-state index contributed by atoms with van der Waals surface area (Å²) in [6, 6.07) is 13.4. The van der Waals surface area contributed by atoms with Crippen molar-refractivity contribution in [1.29, 1.82) is 0 Å². The summed E-state index contributed by atoms with van der Waals surface area (Å²) in [5.41, 5.74) is 2.53. The lowest BCUT2D eigenvalue weighted by Crippen LogP contribution is -2.23. The molecule has 4 heteroatoms. The minimum Gasteiger partial charge on any atom is -0.310 e. The van der Waals surface area contributed by atoms with Crippen LogP contribution in [0.4, 0.5) is 5.82 Å². The van der Waals surface area contributed by atoms with Gasteiger partial charge in [-0.25, -0.2) is 4.98 Å². The molecule has 1 aromatic heterocycles. The predicted octanol–water partition coefficient (Wildman–Crippen LogP) is 3.09. The number of hydrogen-bond donors (Lipinski definition) is 1. The second-order valence-corrected chi connectivity index (χ2v) is 5.10. The highest BCUT2D eigenvalue weighted by Gasteiger charge is 2.27. The van der Waals surface area contributed by atoms with Gasteiger partial charge in [-0.3, -0.25) is 4.79 Å². The molecule has 0 spiro atoms. The van der Waals surface area contributed by atoms with Gasteiger partial charge in [0.15, 0.2) is 0 Å². The average Bonchev–Trinajstić information content (AvgIpc) is 2.82. The summed E-state index contributed by atoms with van der Waals surface area (Å²) in [5, 5.41) is 3.21. The molecule has 1 N–H and O–H groups in total. The first-order valence-electron chi connectivity index (χ1n) is 6.22. The lowest BCUT2D eigenvalue weighted by Gasteiger charge is -2.09. The second kappa shape index (κ2) is 5.02. The van der Waals surface area contributed by atoms with Crippen molar-refractivity contribution in [3.63, 3.8) is 0 Å². The molecule has 1 aliphatic carbocycles. The Kier molecular flexibility index (Phi) is 3.22. The first kappa shape index (κ1) is 12.2. The molecule has 0 fully saturated rings. The van der Waals surface area contributed by atoms with Gasteiger partial charge < -0.3 is 5.32 Å². The Morgan fingerprint density at radius 3 is 2.42 bits per heavy atom. The van der Waals surface area contributed by atoms with Crippen LogP contribution in [0, 0.1) is 5.92 Å². The number of anilines is 1. The van der Waals surface area contributed by atoms with E-state index in [0.29, 0.717) is 11.0 Å². The average molecular weight is 273 g/mol. The van der Waals surface area contributed by atoms with Crippen molar-refractivity contribution in [3.8, 4) is 0 Å². The number of rotatable bonds is 2. The third-order valence-corrected chi connectivity index (χ3v) is 3.60. The van der Waals surface area contributed by atoms with Gasteiger partial charge in [-0.15, -0.1) is 0 Å². The van der Waals surface area contributed by atoms with Gasteiger partial charge in [0.1, 0.15) is 11.0 Å². The van der Waals surface area contributed by atoms with Crippen molar-refractivity contribution >= 4 is 23.3 Å². The molecular weight excluding hydrogens is 260 g/mol. The largest absolute Gasteiger partial charge is 0.310 e. The van der Waals surface area contributed by atoms with Crippen LogP contribution in [-0.2, 0) is 17.6 Å². The number of carbonyl (C=O) groups is 1. The number of hydrogen-bond acceptors (Lipinski definition) is 2. The number of nitrogens with one attached hydrogen (secondary N) is 1. The van der Waals surface area contributed by atoms with Crippen molar-refractivity contribution in [2.75, 3.05) is 5.32 Å². The summed E-state index contributed by atoms with van der Waals surface area (Å²) in [7, 11) is 0. The first-order chi connectivity index (χ1) is 9.22. The van der Waals surface area contributed by atoms with E-state index in [1.165, 1.54) is 11.1 Å². The Labute approximate surface area is 116 Å². The van der Waals surface area contributed by atoms with E-state index in [0.717, 1.165) is 12.8 Å². The van der Waals surface area contributed by atoms with E-state index < -0.39 is 0 Å². The Balaban J connectivity index is 1.70. The van der Waals surface area contributed by atoms with Crippen molar-refractivity contribution in [2.45, 2.75) is 12.8 Å². The molecule has 2 aromatic rings. The smallest absolute Gasteiger partial charge is 0.229 e. The van der Waals surface area contributed by atoms with E-state index in [1.54, 1.807) is 18.2 Å². The van der Waals surface area contributed by atoms with Crippen LogP contribution in [0.2, 0.25) is 5.15 Å². The molecule has 1 heterocycles. The molecule has 0 unspecified atom stereocenters. The summed E-state index contributed by atoms with van der Waals surface area (Å²) < 4.78 is 0. The maximum Gasteiger partial charge on any atom is 0.229 e. The molecule has 0 radical (unpaired) electrons. The number of carbonyl (C=O) groups excluding carboxylic acids is 1. The van der Waals surface area contributed by atoms with Crippen LogP contribution in [-0.4, -0.2) is 10.9 Å². The molecule has 3 rings (SSSR count). The number of amides is 1. The number of fused-ring (bicyclic) bond motifs is 1. The minimum atomic E-state index is -0.0156. The van der Waals surface area contributed by atoms with E-state index >= 15 is 0 Å². The molecule has 1 amide bonds. The van der Waals surface area contributed by atoms with Gasteiger partial charge in [-0.1, -0.05) is 41.9 Å². The number of aromatic nitrogens is 1. The van der Waals surface area contributed by atoms with E-state index in [2.05, 4.69) is 22.4 Å². The molecule has 19 heavy (non-hydrogen) atoms. The van der Waals surface area contributed by atoms with Gasteiger partial charge in [0.05, 0.1) is 0 Å². The van der Waals surface area contributed by atoms with Crippen LogP contribution in [0.1, 0.15) is 11.1 Å². The van der Waals surface area contributed by atoms with Crippen LogP contribution in [0.15, 0.2) is 42.5 Å². The molecular formula is C15H13ClN2O. The quantitative estimate of drug-likeness (QED) is 0.854. The number of nitrogens with zero attached hydrogens (tertiary/aromatic N) is 1. The van der Waals surface area contributed by atoms with Crippen LogP contribution < -0.4 is 5.32 Å². The van der Waals surface area contributed by atoms with Crippen LogP contribution in [0.5, 0.6) is 0 Å². The van der Waals surface area contributed by atoms with Gasteiger partial charge in [0, 0.05) is 5.92 Å². The zero-order chi connectivity index (χ0) is 13.2. The third kappa shape index (κ3) is 2.61. The number of benzene rings is 1. The highest BCUT2D eigenvalue weighted by Crippen LogP contribution is 2.27. The highest BCUT2D eigenvalue weighted by atomic mass is 35.5. The molecule has 1 aromatic carbocycles. The van der Waals surface area contributed by atoms with E-state index in [4.69, 9.17) is 11.6 Å². The third-order valence-electron chi connectivity index (χ3n) is 3.39. The molecule has 1 aliphatic rings. The van der Waals surface area contributed by atoms with Crippen LogP contribution in [0.3, 0.4) is 0 Å². The molecule has 3 nitrogen and oxygen atoms in total. The zero-order valence-corrected chi connectivity index (χ0v) is 11.0. The van der Waals surface area contributed by atoms with E-state index in [9.17, 15) is 4.79 Å². The molecule has 0 aliphatic heterocycles. The van der Waals surface area contributed by atoms with E-state index in [1.807, 2.05) is 12.1 Å². The van der Waals surface area contributed by atoms with Gasteiger partial charge in [-0.2, -0.15) is 0 Å². The maximum atomic E-state index is 12.2. The zero-order valence-electron chi connectivity index (χ0n) is 10.3. The fourth-order valence-corrected chi connectivity index (χ4v) is 2.61. The van der Waals surface area contributed by atoms with Crippen molar-refractivity contribution in [2.24, 2.45) is 5.92 Å². The summed E-state index contributed by atoms with van der Waals surface area (Å²) in [4.78, 5) is 16.3. The van der Waals surface area contributed by atoms with Gasteiger partial charge in [0.2, 0.25) is 5.91 Å². The molecule has 0 bridgehead atoms. The van der Waals surface area contributed by atoms with Gasteiger partial charge in [-0.05, 0) is 36.1 Å². The molecule has 0 saturated carbocycles. The Bertz CT molecular complexity index is 602. The van der Waals surface area contributed by atoms with Crippen LogP contribution >= 0.6 is 11.6 Å². The fraction of sp³-hybridized carbons (Fsp3) is 0.200. The van der Waals surface area contributed by atoms with Crippen molar-refractivity contribution in [3.05, 3.63) is 58.7 Å². The standard InChI is InChI=1S/C15H13ClN2O/c16-13-6-3-7-14(17-13)18-15(19)12-8-10-4-1-2-5-11(10)9-12/h1-7,12H,8-9H2,(H,17,18,19). The second-order valence-electron chi connectivity index (χ2n) is 4.71. The topological polar surface area (TPSA) is 42.0 Å². The number of halogens is 1.